The summed E-state index contributed by atoms with van der Waals surface area (Å²) in [6.07, 6.45) is -3.84. The molecule has 10 heteroatoms. The van der Waals surface area contributed by atoms with E-state index in [0.717, 1.165) is 0 Å². The molecule has 0 aromatic carbocycles. The number of aromatic nitrogens is 4. The lowest BCUT2D eigenvalue weighted by molar-refractivity contribution is -0.250. The molecule has 3 heterocycles. The summed E-state index contributed by atoms with van der Waals surface area (Å²) in [4.78, 5) is 11.8. The fourth-order valence-electron chi connectivity index (χ4n) is 2.32. The fraction of sp³-hybridized carbons (Fsp3) is 0.545. The van der Waals surface area contributed by atoms with E-state index in [0.29, 0.717) is 11.2 Å². The molecule has 3 rings (SSSR count). The first kappa shape index (κ1) is 14.6. The molecule has 9 nitrogen and oxygen atoms in total. The Kier molecular flexibility index (Phi) is 3.78. The van der Waals surface area contributed by atoms with Gasteiger partial charge in [-0.05, 0) is 0 Å². The molecule has 0 amide bonds. The highest BCUT2D eigenvalue weighted by Crippen LogP contribution is 2.30. The Bertz CT molecular complexity index is 651. The highest BCUT2D eigenvalue weighted by Gasteiger charge is 2.44. The van der Waals surface area contributed by atoms with Gasteiger partial charge in [0, 0.05) is 0 Å². The van der Waals surface area contributed by atoms with Crippen LogP contribution in [0.1, 0.15) is 6.23 Å². The van der Waals surface area contributed by atoms with Crippen LogP contribution in [0, 0.1) is 0 Å². The van der Waals surface area contributed by atoms with E-state index in [1.807, 2.05) is 0 Å². The molecule has 2 aromatic rings. The lowest BCUT2D eigenvalue weighted by atomic mass is 9.98. The smallest absolute Gasteiger partial charge is 0.167 e. The van der Waals surface area contributed by atoms with Crippen molar-refractivity contribution >= 4 is 22.8 Å². The van der Waals surface area contributed by atoms with Crippen LogP contribution in [0.2, 0.25) is 5.15 Å². The number of ether oxygens (including phenoxy) is 1. The molecule has 0 spiro atoms. The van der Waals surface area contributed by atoms with Gasteiger partial charge in [0.25, 0.3) is 0 Å². The number of rotatable bonds is 2. The molecule has 0 bridgehead atoms. The van der Waals surface area contributed by atoms with Crippen LogP contribution >= 0.6 is 11.6 Å². The van der Waals surface area contributed by atoms with E-state index in [9.17, 15) is 20.4 Å². The van der Waals surface area contributed by atoms with E-state index in [4.69, 9.17) is 16.3 Å². The number of nitrogens with zero attached hydrogens (tertiary/aromatic N) is 4. The average molecular weight is 317 g/mol. The first-order valence-electron chi connectivity index (χ1n) is 6.18. The van der Waals surface area contributed by atoms with Crippen molar-refractivity contribution in [1.82, 2.24) is 19.5 Å². The number of aliphatic hydroxyl groups excluding tert-OH is 4. The van der Waals surface area contributed by atoms with Crippen molar-refractivity contribution in [3.8, 4) is 0 Å². The van der Waals surface area contributed by atoms with Gasteiger partial charge in [-0.15, -0.1) is 0 Å². The Morgan fingerprint density at radius 3 is 2.62 bits per heavy atom. The topological polar surface area (TPSA) is 134 Å². The van der Waals surface area contributed by atoms with Gasteiger partial charge in [0.15, 0.2) is 17.0 Å². The monoisotopic (exact) mass is 316 g/mol. The number of hydrogen-bond acceptors (Lipinski definition) is 8. The summed E-state index contributed by atoms with van der Waals surface area (Å²) >= 11 is 5.89. The molecule has 1 aliphatic rings. The Morgan fingerprint density at radius 2 is 1.90 bits per heavy atom. The van der Waals surface area contributed by atoms with Crippen molar-refractivity contribution in [2.75, 3.05) is 6.61 Å². The van der Waals surface area contributed by atoms with E-state index < -0.39 is 37.3 Å². The molecule has 5 atom stereocenters. The molecule has 0 saturated carbocycles. The molecule has 21 heavy (non-hydrogen) atoms. The highest BCUT2D eigenvalue weighted by atomic mass is 35.5. The predicted octanol–water partition coefficient (Wildman–Crippen LogP) is -1.55. The average Bonchev–Trinajstić information content (AvgIpc) is 2.91. The van der Waals surface area contributed by atoms with Gasteiger partial charge in [0.05, 0.1) is 12.9 Å². The Morgan fingerprint density at radius 1 is 1.14 bits per heavy atom. The van der Waals surface area contributed by atoms with Crippen LogP contribution in [-0.2, 0) is 4.74 Å². The second-order valence-corrected chi connectivity index (χ2v) is 5.07. The fourth-order valence-corrected chi connectivity index (χ4v) is 2.50. The molecule has 114 valence electrons. The minimum Gasteiger partial charge on any atom is -0.394 e. The van der Waals surface area contributed by atoms with E-state index >= 15 is 0 Å². The zero-order valence-electron chi connectivity index (χ0n) is 10.6. The summed E-state index contributed by atoms with van der Waals surface area (Å²) < 4.78 is 6.80. The first-order chi connectivity index (χ1) is 10.0. The first-order valence-corrected chi connectivity index (χ1v) is 6.56. The van der Waals surface area contributed by atoms with Gasteiger partial charge in [-0.25, -0.2) is 15.0 Å². The van der Waals surface area contributed by atoms with Gasteiger partial charge >= 0.3 is 0 Å². The SMILES string of the molecule is OCC1OC(n2cnc3c(Cl)ncnc32)C(O)C(O)C1O. The quantitative estimate of drug-likeness (QED) is 0.489. The van der Waals surface area contributed by atoms with Crippen LogP contribution < -0.4 is 0 Å². The van der Waals surface area contributed by atoms with E-state index in [1.54, 1.807) is 0 Å². The van der Waals surface area contributed by atoms with Crippen molar-refractivity contribution in [2.24, 2.45) is 0 Å². The maximum Gasteiger partial charge on any atom is 0.167 e. The molecule has 4 N–H and O–H groups in total. The van der Waals surface area contributed by atoms with Crippen LogP contribution in [0.25, 0.3) is 11.2 Å². The second kappa shape index (κ2) is 5.44. The summed E-state index contributed by atoms with van der Waals surface area (Å²) in [6.45, 7) is -0.510. The van der Waals surface area contributed by atoms with Gasteiger partial charge < -0.3 is 25.2 Å². The molecule has 2 aromatic heterocycles. The van der Waals surface area contributed by atoms with Crippen LogP contribution in [0.3, 0.4) is 0 Å². The molecule has 1 saturated heterocycles. The van der Waals surface area contributed by atoms with Crippen LogP contribution in [0.4, 0.5) is 0 Å². The van der Waals surface area contributed by atoms with Crippen molar-refractivity contribution in [1.29, 1.82) is 0 Å². The second-order valence-electron chi connectivity index (χ2n) is 4.71. The maximum absolute atomic E-state index is 10.1. The number of hydrogen-bond donors (Lipinski definition) is 4. The molecular formula is C11H13ClN4O5. The summed E-state index contributed by atoms with van der Waals surface area (Å²) in [6, 6.07) is 0. The van der Waals surface area contributed by atoms with Crippen LogP contribution in [0.15, 0.2) is 12.7 Å². The molecule has 5 unspecified atom stereocenters. The largest absolute Gasteiger partial charge is 0.394 e. The summed E-state index contributed by atoms with van der Waals surface area (Å²) in [5.41, 5.74) is 0.621. The molecule has 1 aliphatic heterocycles. The van der Waals surface area contributed by atoms with Crippen molar-refractivity contribution in [3.63, 3.8) is 0 Å². The predicted molar refractivity (Wildman–Crippen MR) is 69.3 cm³/mol. The zero-order chi connectivity index (χ0) is 15.1. The maximum atomic E-state index is 10.1. The summed E-state index contributed by atoms with van der Waals surface area (Å²) in [5, 5.41) is 39.0. The van der Waals surface area contributed by atoms with Gasteiger partial charge in [-0.3, -0.25) is 4.57 Å². The Hall–Kier alpha value is -1.36. The van der Waals surface area contributed by atoms with Gasteiger partial charge in [0.2, 0.25) is 0 Å². The minimum atomic E-state index is -1.48. The van der Waals surface area contributed by atoms with Crippen LogP contribution in [-0.4, -0.2) is 71.0 Å². The molecular weight excluding hydrogens is 304 g/mol. The third-order valence-corrected chi connectivity index (χ3v) is 3.73. The standard InChI is InChI=1S/C11H13ClN4O5/c12-9-5-10(14-2-13-9)16(3-15-5)11-8(20)7(19)6(18)4(1-17)21-11/h2-4,6-8,11,17-20H,1H2. The minimum absolute atomic E-state index is 0.142. The summed E-state index contributed by atoms with van der Waals surface area (Å²) in [5.74, 6) is 0. The van der Waals surface area contributed by atoms with E-state index in [1.165, 1.54) is 17.2 Å². The number of halogens is 1. The Labute approximate surface area is 123 Å². The third-order valence-electron chi connectivity index (χ3n) is 3.46. The van der Waals surface area contributed by atoms with Crippen molar-refractivity contribution in [2.45, 2.75) is 30.6 Å². The number of aliphatic hydroxyl groups is 4. The van der Waals surface area contributed by atoms with Gasteiger partial charge in [0.1, 0.15) is 36.3 Å². The number of fused-ring (bicyclic) bond motifs is 1. The summed E-state index contributed by atoms with van der Waals surface area (Å²) in [7, 11) is 0. The highest BCUT2D eigenvalue weighted by molar-refractivity contribution is 6.33. The van der Waals surface area contributed by atoms with Crippen molar-refractivity contribution in [3.05, 3.63) is 17.8 Å². The lowest BCUT2D eigenvalue weighted by Gasteiger charge is -2.40. The van der Waals surface area contributed by atoms with Gasteiger partial charge in [-0.1, -0.05) is 11.6 Å². The van der Waals surface area contributed by atoms with Crippen LogP contribution in [0.5, 0.6) is 0 Å². The molecule has 1 fully saturated rings. The van der Waals surface area contributed by atoms with Crippen molar-refractivity contribution < 1.29 is 25.2 Å². The normalized spacial score (nSPS) is 33.5. The van der Waals surface area contributed by atoms with E-state index in [2.05, 4.69) is 15.0 Å². The van der Waals surface area contributed by atoms with E-state index in [-0.39, 0.29) is 5.15 Å². The Balaban J connectivity index is 2.03. The number of imidazole rings is 1. The van der Waals surface area contributed by atoms with Gasteiger partial charge in [-0.2, -0.15) is 0 Å². The zero-order valence-corrected chi connectivity index (χ0v) is 11.4. The third kappa shape index (κ3) is 2.27. The molecule has 0 radical (unpaired) electrons. The lowest BCUT2D eigenvalue weighted by Crippen LogP contribution is -2.56. The molecule has 0 aliphatic carbocycles.